The van der Waals surface area contributed by atoms with E-state index in [0.29, 0.717) is 22.8 Å². The molecule has 1 unspecified atom stereocenters. The van der Waals surface area contributed by atoms with Crippen molar-refractivity contribution >= 4 is 58.9 Å². The summed E-state index contributed by atoms with van der Waals surface area (Å²) in [6, 6.07) is 0. The summed E-state index contributed by atoms with van der Waals surface area (Å²) >= 11 is 3.39. The average Bonchev–Trinajstić information content (AvgIpc) is 2.49. The van der Waals surface area contributed by atoms with Gasteiger partial charge in [-0.15, -0.1) is 0 Å². The van der Waals surface area contributed by atoms with Crippen LogP contribution in [0.3, 0.4) is 0 Å². The smallest absolute Gasteiger partial charge is 0.305 e. The normalized spacial score (nSPS) is 22.6. The number of carboxylic acids is 1. The quantitative estimate of drug-likeness (QED) is 0.525. The highest BCUT2D eigenvalue weighted by Crippen LogP contribution is 2.32. The Hall–Kier alpha value is 0.0400. The molecule has 1 aliphatic rings. The van der Waals surface area contributed by atoms with Crippen molar-refractivity contribution in [3.8, 4) is 0 Å². The molecule has 1 saturated carbocycles. The lowest BCUT2D eigenvalue weighted by atomic mass is 9.82. The average molecular weight is 473 g/mol. The fourth-order valence-corrected chi connectivity index (χ4v) is 5.11. The van der Waals surface area contributed by atoms with Crippen molar-refractivity contribution in [2.45, 2.75) is 56.5 Å². The van der Waals surface area contributed by atoms with Crippen LogP contribution in [-0.4, -0.2) is 39.1 Å². The first-order valence-electron chi connectivity index (χ1n) is 7.80. The van der Waals surface area contributed by atoms with Gasteiger partial charge in [0.05, 0.1) is 6.42 Å². The fraction of sp³-hybridized carbons (Fsp3) is 0.800. The lowest BCUT2D eigenvalue weighted by Gasteiger charge is -2.28. The summed E-state index contributed by atoms with van der Waals surface area (Å²) in [5.41, 5.74) is 0. The molecule has 0 bridgehead atoms. The zero-order chi connectivity index (χ0) is 17.4. The van der Waals surface area contributed by atoms with Gasteiger partial charge in [0.25, 0.3) is 0 Å². The maximum absolute atomic E-state index is 12.0. The van der Waals surface area contributed by atoms with Crippen molar-refractivity contribution in [2.75, 3.05) is 6.54 Å². The van der Waals surface area contributed by atoms with E-state index in [9.17, 15) is 14.4 Å². The molecule has 5 nitrogen and oxygen atoms in total. The number of thioether (sulfide) groups is 1. The van der Waals surface area contributed by atoms with E-state index in [2.05, 4.69) is 5.32 Å². The van der Waals surface area contributed by atoms with Crippen molar-refractivity contribution in [1.82, 2.24) is 5.32 Å². The second kappa shape index (κ2) is 10.8. The van der Waals surface area contributed by atoms with E-state index in [1.54, 1.807) is 0 Å². The highest BCUT2D eigenvalue weighted by atomic mass is 127. The third-order valence-corrected chi connectivity index (χ3v) is 7.33. The number of rotatable bonds is 8. The van der Waals surface area contributed by atoms with Crippen LogP contribution in [0.1, 0.15) is 46.0 Å². The van der Waals surface area contributed by atoms with Crippen LogP contribution in [-0.2, 0) is 14.4 Å². The van der Waals surface area contributed by atoms with Gasteiger partial charge in [0.15, 0.2) is 5.12 Å². The fourth-order valence-electron chi connectivity index (χ4n) is 2.61. The number of nitrogens with one attached hydrogen (secondary N) is 1. The van der Waals surface area contributed by atoms with Gasteiger partial charge in [-0.05, 0) is 52.8 Å². The number of carbonyl (C=O) groups is 3. The molecule has 2 N–H and O–H groups in total. The van der Waals surface area contributed by atoms with E-state index in [0.717, 1.165) is 25.7 Å². The lowest BCUT2D eigenvalue weighted by molar-refractivity contribution is -0.138. The predicted molar refractivity (Wildman–Crippen MR) is 104 cm³/mol. The van der Waals surface area contributed by atoms with Crippen molar-refractivity contribution in [1.29, 1.82) is 0 Å². The van der Waals surface area contributed by atoms with Gasteiger partial charge < -0.3 is 10.4 Å². The van der Waals surface area contributed by atoms with Crippen LogP contribution in [0.25, 0.3) is 0 Å². The summed E-state index contributed by atoms with van der Waals surface area (Å²) in [6.07, 6.45) is 3.50. The summed E-state index contributed by atoms with van der Waals surface area (Å²) in [5.74, 6) is -0.632. The lowest BCUT2D eigenvalue weighted by Crippen LogP contribution is -2.37. The minimum Gasteiger partial charge on any atom is -0.481 e. The molecule has 0 aliphatic heterocycles. The highest BCUT2D eigenvalue weighted by molar-refractivity contribution is 14.2. The molecule has 1 aliphatic carbocycles. The van der Waals surface area contributed by atoms with Crippen molar-refractivity contribution in [3.63, 3.8) is 0 Å². The van der Waals surface area contributed by atoms with Gasteiger partial charge in [0.2, 0.25) is 5.91 Å². The Kier molecular flexibility index (Phi) is 9.91. The second-order valence-corrected chi connectivity index (χ2v) is 9.98. The zero-order valence-corrected chi connectivity index (χ0v) is 17.2. The SMILES string of the molecule is CC(C)SC(=O)C1CCC(CNC(=O)C(CC(=O)O)SI)CC1. The van der Waals surface area contributed by atoms with E-state index in [1.165, 1.54) is 20.7 Å². The van der Waals surface area contributed by atoms with Gasteiger partial charge in [-0.2, -0.15) is 0 Å². The summed E-state index contributed by atoms with van der Waals surface area (Å²) in [4.78, 5) is 34.8. The Balaban J connectivity index is 2.32. The minimum atomic E-state index is -0.962. The number of hydrogen-bond donors (Lipinski definition) is 2. The number of carbonyl (C=O) groups excluding carboxylic acids is 2. The second-order valence-electron chi connectivity index (χ2n) is 6.12. The van der Waals surface area contributed by atoms with E-state index >= 15 is 0 Å². The van der Waals surface area contributed by atoms with E-state index in [4.69, 9.17) is 5.11 Å². The molecular weight excluding hydrogens is 449 g/mol. The molecule has 0 aromatic heterocycles. The summed E-state index contributed by atoms with van der Waals surface area (Å²) in [6.45, 7) is 4.63. The van der Waals surface area contributed by atoms with Gasteiger partial charge in [-0.25, -0.2) is 0 Å². The Morgan fingerprint density at radius 1 is 1.22 bits per heavy atom. The molecule has 0 saturated heterocycles. The molecule has 0 radical (unpaired) electrons. The van der Waals surface area contributed by atoms with E-state index in [-0.39, 0.29) is 18.2 Å². The van der Waals surface area contributed by atoms with Gasteiger partial charge in [-0.3, -0.25) is 14.4 Å². The molecule has 0 aromatic rings. The molecule has 0 aromatic carbocycles. The topological polar surface area (TPSA) is 83.5 Å². The van der Waals surface area contributed by atoms with Crippen LogP contribution in [0.4, 0.5) is 0 Å². The van der Waals surface area contributed by atoms with Crippen LogP contribution >= 0.6 is 41.9 Å². The van der Waals surface area contributed by atoms with Crippen LogP contribution in [0.2, 0.25) is 0 Å². The third-order valence-electron chi connectivity index (χ3n) is 3.86. The largest absolute Gasteiger partial charge is 0.481 e. The van der Waals surface area contributed by atoms with Gasteiger partial charge >= 0.3 is 5.97 Å². The van der Waals surface area contributed by atoms with Crippen molar-refractivity contribution < 1.29 is 19.5 Å². The van der Waals surface area contributed by atoms with Crippen LogP contribution in [0, 0.1) is 11.8 Å². The standard InChI is InChI=1S/C15H24INO4S2/c1-9(2)22-15(21)11-5-3-10(4-6-11)8-17-14(20)12(23-16)7-13(18)19/h9-12H,3-8H2,1-2H3,(H,17,20)(H,18,19). The third kappa shape index (κ3) is 8.11. The summed E-state index contributed by atoms with van der Waals surface area (Å²) in [7, 11) is 1.23. The molecule has 0 heterocycles. The maximum atomic E-state index is 12.0. The van der Waals surface area contributed by atoms with Crippen LogP contribution in [0.5, 0.6) is 0 Å². The predicted octanol–water partition coefficient (Wildman–Crippen LogP) is 3.50. The number of halogens is 1. The van der Waals surface area contributed by atoms with Crippen LogP contribution in [0.15, 0.2) is 0 Å². The highest BCUT2D eigenvalue weighted by Gasteiger charge is 2.28. The van der Waals surface area contributed by atoms with E-state index < -0.39 is 11.2 Å². The number of amides is 1. The Bertz CT molecular complexity index is 426. The first-order chi connectivity index (χ1) is 10.8. The monoisotopic (exact) mass is 473 g/mol. The van der Waals surface area contributed by atoms with Gasteiger partial charge in [0, 0.05) is 17.7 Å². The van der Waals surface area contributed by atoms with Gasteiger partial charge in [-0.1, -0.05) is 34.5 Å². The molecule has 1 rings (SSSR count). The Morgan fingerprint density at radius 3 is 2.30 bits per heavy atom. The Morgan fingerprint density at radius 2 is 1.83 bits per heavy atom. The van der Waals surface area contributed by atoms with Crippen molar-refractivity contribution in [2.24, 2.45) is 11.8 Å². The summed E-state index contributed by atoms with van der Waals surface area (Å²) < 4.78 is 0. The minimum absolute atomic E-state index is 0.152. The Labute approximate surface area is 158 Å². The molecule has 1 amide bonds. The molecular formula is C15H24INO4S2. The number of hydrogen-bond acceptors (Lipinski definition) is 5. The molecule has 1 atom stereocenters. The van der Waals surface area contributed by atoms with Crippen molar-refractivity contribution in [3.05, 3.63) is 0 Å². The first kappa shape index (κ1) is 21.1. The maximum Gasteiger partial charge on any atom is 0.305 e. The molecule has 23 heavy (non-hydrogen) atoms. The molecule has 0 spiro atoms. The zero-order valence-electron chi connectivity index (χ0n) is 13.4. The summed E-state index contributed by atoms with van der Waals surface area (Å²) in [5, 5.41) is 11.7. The van der Waals surface area contributed by atoms with Crippen LogP contribution < -0.4 is 5.32 Å². The first-order valence-corrected chi connectivity index (χ1v) is 12.1. The van der Waals surface area contributed by atoms with E-state index in [1.807, 2.05) is 35.1 Å². The molecule has 8 heteroatoms. The van der Waals surface area contributed by atoms with Gasteiger partial charge in [0.1, 0.15) is 5.25 Å². The molecule has 1 fully saturated rings. The molecule has 132 valence electrons. The number of carboxylic acid groups (broad SMARTS) is 1. The number of aliphatic carboxylic acids is 1.